The number of benzene rings is 1. The van der Waals surface area contributed by atoms with E-state index in [1.807, 2.05) is 24.3 Å². The first-order valence-corrected chi connectivity index (χ1v) is 5.79. The zero-order valence-electron chi connectivity index (χ0n) is 10.5. The normalized spacial score (nSPS) is 10.4. The van der Waals surface area contributed by atoms with E-state index >= 15 is 0 Å². The van der Waals surface area contributed by atoms with Crippen molar-refractivity contribution in [2.45, 2.75) is 19.4 Å². The monoisotopic (exact) mass is 262 g/mol. The van der Waals surface area contributed by atoms with Crippen molar-refractivity contribution in [2.24, 2.45) is 0 Å². The Morgan fingerprint density at radius 1 is 1.42 bits per heavy atom. The first-order chi connectivity index (χ1) is 9.19. The van der Waals surface area contributed by atoms with Gasteiger partial charge in [-0.25, -0.2) is 0 Å². The molecule has 0 saturated heterocycles. The van der Waals surface area contributed by atoms with Crippen LogP contribution in [0.4, 0.5) is 0 Å². The summed E-state index contributed by atoms with van der Waals surface area (Å²) >= 11 is 0. The van der Waals surface area contributed by atoms with Gasteiger partial charge in [-0.2, -0.15) is 4.80 Å². The third kappa shape index (κ3) is 3.51. The van der Waals surface area contributed by atoms with Crippen molar-refractivity contribution < 1.29 is 14.6 Å². The number of carboxylic acid groups (broad SMARTS) is 1. The Hall–Kier alpha value is -2.44. The highest BCUT2D eigenvalue weighted by Gasteiger charge is 2.08. The summed E-state index contributed by atoms with van der Waals surface area (Å²) in [6, 6.07) is 7.56. The minimum atomic E-state index is -0.874. The number of tetrazole rings is 1. The van der Waals surface area contributed by atoms with Crippen molar-refractivity contribution in [3.63, 3.8) is 0 Å². The van der Waals surface area contributed by atoms with Crippen LogP contribution < -0.4 is 4.74 Å². The molecule has 1 aromatic carbocycles. The molecular weight excluding hydrogens is 248 g/mol. The van der Waals surface area contributed by atoms with E-state index in [9.17, 15) is 4.79 Å². The number of nitrogens with zero attached hydrogens (tertiary/aromatic N) is 4. The number of aliphatic carboxylic acids is 1. The van der Waals surface area contributed by atoms with Crippen molar-refractivity contribution >= 4 is 5.97 Å². The number of hydrogen-bond donors (Lipinski definition) is 1. The molecule has 19 heavy (non-hydrogen) atoms. The van der Waals surface area contributed by atoms with Crippen LogP contribution in [-0.2, 0) is 17.8 Å². The zero-order valence-corrected chi connectivity index (χ0v) is 10.5. The average molecular weight is 262 g/mol. The maximum atomic E-state index is 10.5. The molecule has 100 valence electrons. The number of carboxylic acids is 1. The van der Waals surface area contributed by atoms with Gasteiger partial charge in [-0.05, 0) is 11.3 Å². The first-order valence-electron chi connectivity index (χ1n) is 5.79. The van der Waals surface area contributed by atoms with Crippen LogP contribution in [-0.4, -0.2) is 38.4 Å². The number of hydrogen-bond acceptors (Lipinski definition) is 5. The van der Waals surface area contributed by atoms with Gasteiger partial charge in [-0.1, -0.05) is 18.2 Å². The maximum absolute atomic E-state index is 10.5. The molecule has 2 aromatic rings. The molecule has 0 spiro atoms. The molecule has 0 radical (unpaired) electrons. The van der Waals surface area contributed by atoms with Crippen LogP contribution in [0.15, 0.2) is 24.3 Å². The highest BCUT2D eigenvalue weighted by atomic mass is 16.5. The zero-order chi connectivity index (χ0) is 13.7. The van der Waals surface area contributed by atoms with E-state index in [1.165, 1.54) is 4.80 Å². The Kier molecular flexibility index (Phi) is 4.07. The molecule has 7 nitrogen and oxygen atoms in total. The third-order valence-corrected chi connectivity index (χ3v) is 2.56. The predicted molar refractivity (Wildman–Crippen MR) is 65.9 cm³/mol. The summed E-state index contributed by atoms with van der Waals surface area (Å²) < 4.78 is 5.24. The topological polar surface area (TPSA) is 90.1 Å². The molecule has 0 bridgehead atoms. The second-order valence-electron chi connectivity index (χ2n) is 3.94. The fourth-order valence-corrected chi connectivity index (χ4v) is 1.65. The molecule has 2 rings (SSSR count). The van der Waals surface area contributed by atoms with Gasteiger partial charge in [0, 0.05) is 12.0 Å². The van der Waals surface area contributed by atoms with E-state index in [0.717, 1.165) is 11.3 Å². The minimum Gasteiger partial charge on any atom is -0.496 e. The molecule has 0 aliphatic heterocycles. The SMILES string of the molecule is COc1ccccc1Cn1nnc(CCC(=O)O)n1. The van der Waals surface area contributed by atoms with Crippen LogP contribution in [0.1, 0.15) is 17.8 Å². The lowest BCUT2D eigenvalue weighted by Gasteiger charge is -2.06. The molecule has 0 fully saturated rings. The van der Waals surface area contributed by atoms with Crippen molar-refractivity contribution in [3.8, 4) is 5.75 Å². The van der Waals surface area contributed by atoms with Crippen molar-refractivity contribution in [2.75, 3.05) is 7.11 Å². The van der Waals surface area contributed by atoms with E-state index in [1.54, 1.807) is 7.11 Å². The lowest BCUT2D eigenvalue weighted by molar-refractivity contribution is -0.137. The number of para-hydroxylation sites is 1. The fraction of sp³-hybridized carbons (Fsp3) is 0.333. The molecule has 7 heteroatoms. The van der Waals surface area contributed by atoms with Gasteiger partial charge < -0.3 is 9.84 Å². The second kappa shape index (κ2) is 5.94. The fourth-order valence-electron chi connectivity index (χ4n) is 1.65. The van der Waals surface area contributed by atoms with Gasteiger partial charge >= 0.3 is 5.97 Å². The van der Waals surface area contributed by atoms with E-state index in [0.29, 0.717) is 12.4 Å². The molecule has 0 atom stereocenters. The molecule has 0 saturated carbocycles. The number of ether oxygens (including phenoxy) is 1. The van der Waals surface area contributed by atoms with E-state index in [2.05, 4.69) is 15.4 Å². The largest absolute Gasteiger partial charge is 0.496 e. The maximum Gasteiger partial charge on any atom is 0.303 e. The lowest BCUT2D eigenvalue weighted by Crippen LogP contribution is -2.06. The highest BCUT2D eigenvalue weighted by molar-refractivity contribution is 5.66. The van der Waals surface area contributed by atoms with Crippen molar-refractivity contribution in [1.82, 2.24) is 20.2 Å². The van der Waals surface area contributed by atoms with Gasteiger partial charge in [-0.15, -0.1) is 10.2 Å². The molecular formula is C12H14N4O3. The van der Waals surface area contributed by atoms with Gasteiger partial charge in [0.2, 0.25) is 0 Å². The van der Waals surface area contributed by atoms with E-state index < -0.39 is 5.97 Å². The second-order valence-corrected chi connectivity index (χ2v) is 3.94. The van der Waals surface area contributed by atoms with Crippen LogP contribution >= 0.6 is 0 Å². The average Bonchev–Trinajstić information content (AvgIpc) is 2.85. The summed E-state index contributed by atoms with van der Waals surface area (Å²) in [5.41, 5.74) is 0.937. The van der Waals surface area contributed by atoms with Crippen LogP contribution in [0.3, 0.4) is 0 Å². The molecule has 0 unspecified atom stereocenters. The van der Waals surface area contributed by atoms with Crippen molar-refractivity contribution in [1.29, 1.82) is 0 Å². The minimum absolute atomic E-state index is 0.000349. The highest BCUT2D eigenvalue weighted by Crippen LogP contribution is 2.17. The van der Waals surface area contributed by atoms with Crippen molar-refractivity contribution in [3.05, 3.63) is 35.7 Å². The smallest absolute Gasteiger partial charge is 0.303 e. The summed E-state index contributed by atoms with van der Waals surface area (Å²) in [5, 5.41) is 20.4. The van der Waals surface area contributed by atoms with Gasteiger partial charge in [0.25, 0.3) is 0 Å². The first kappa shape index (κ1) is 13.0. The van der Waals surface area contributed by atoms with Crippen LogP contribution in [0, 0.1) is 0 Å². The Balaban J connectivity index is 2.05. The molecule has 1 heterocycles. The number of carbonyl (C=O) groups is 1. The number of rotatable bonds is 6. The van der Waals surface area contributed by atoms with E-state index in [-0.39, 0.29) is 12.8 Å². The predicted octanol–water partition coefficient (Wildman–Crippen LogP) is 0.747. The van der Waals surface area contributed by atoms with Crippen LogP contribution in [0.5, 0.6) is 5.75 Å². The standard InChI is InChI=1S/C12H14N4O3/c1-19-10-5-3-2-4-9(10)8-16-14-11(13-15-16)6-7-12(17)18/h2-5H,6-8H2,1H3,(H,17,18). The Morgan fingerprint density at radius 2 is 2.21 bits per heavy atom. The summed E-state index contributed by atoms with van der Waals surface area (Å²) in [7, 11) is 1.60. The van der Waals surface area contributed by atoms with Crippen LogP contribution in [0.2, 0.25) is 0 Å². The number of methoxy groups -OCH3 is 1. The molecule has 1 aromatic heterocycles. The molecule has 0 amide bonds. The Morgan fingerprint density at radius 3 is 2.95 bits per heavy atom. The Bertz CT molecular complexity index is 568. The lowest BCUT2D eigenvalue weighted by atomic mass is 10.2. The Labute approximate surface area is 109 Å². The van der Waals surface area contributed by atoms with Gasteiger partial charge in [0.05, 0.1) is 20.1 Å². The van der Waals surface area contributed by atoms with Crippen LogP contribution in [0.25, 0.3) is 0 Å². The summed E-state index contributed by atoms with van der Waals surface area (Å²) in [4.78, 5) is 11.9. The quantitative estimate of drug-likeness (QED) is 0.826. The number of aryl methyl sites for hydroxylation is 1. The molecule has 0 aliphatic carbocycles. The van der Waals surface area contributed by atoms with Gasteiger partial charge in [-0.3, -0.25) is 4.79 Å². The van der Waals surface area contributed by atoms with Gasteiger partial charge in [0.15, 0.2) is 5.82 Å². The number of aromatic nitrogens is 4. The summed E-state index contributed by atoms with van der Waals surface area (Å²) in [6.07, 6.45) is 0.279. The summed E-state index contributed by atoms with van der Waals surface area (Å²) in [6.45, 7) is 0.435. The van der Waals surface area contributed by atoms with E-state index in [4.69, 9.17) is 9.84 Å². The third-order valence-electron chi connectivity index (χ3n) is 2.56. The molecule has 1 N–H and O–H groups in total. The summed E-state index contributed by atoms with van der Waals surface area (Å²) in [5.74, 6) is 0.310. The van der Waals surface area contributed by atoms with Gasteiger partial charge in [0.1, 0.15) is 5.75 Å². The molecule has 0 aliphatic rings.